The van der Waals surface area contributed by atoms with E-state index in [0.717, 1.165) is 12.5 Å². The van der Waals surface area contributed by atoms with Crippen molar-refractivity contribution in [2.24, 2.45) is 5.92 Å². The van der Waals surface area contributed by atoms with Crippen LogP contribution in [0.4, 0.5) is 0 Å². The van der Waals surface area contributed by atoms with Crippen LogP contribution in [-0.2, 0) is 4.74 Å². The third-order valence-electron chi connectivity index (χ3n) is 3.42. The second-order valence-electron chi connectivity index (χ2n) is 3.94. The van der Waals surface area contributed by atoms with E-state index < -0.39 is 0 Å². The van der Waals surface area contributed by atoms with Crippen LogP contribution in [0.5, 0.6) is 0 Å². The summed E-state index contributed by atoms with van der Waals surface area (Å²) >= 11 is 0. The van der Waals surface area contributed by atoms with E-state index in [1.807, 2.05) is 0 Å². The number of rotatable bonds is 0. The molecule has 11 heavy (non-hydrogen) atoms. The van der Waals surface area contributed by atoms with Crippen molar-refractivity contribution in [2.75, 3.05) is 6.61 Å². The number of hydrogen-bond acceptors (Lipinski definition) is 1. The highest BCUT2D eigenvalue weighted by molar-refractivity contribution is 5.38. The van der Waals surface area contributed by atoms with Gasteiger partial charge in [-0.3, -0.25) is 0 Å². The number of ether oxygens (including phenoxy) is 1. The van der Waals surface area contributed by atoms with E-state index in [0.29, 0.717) is 6.10 Å². The average Bonchev–Trinajstić information content (AvgIpc) is 2.44. The molecule has 2 atom stereocenters. The topological polar surface area (TPSA) is 9.23 Å². The molecule has 0 N–H and O–H groups in total. The lowest BCUT2D eigenvalue weighted by Crippen LogP contribution is -2.39. The van der Waals surface area contributed by atoms with Gasteiger partial charge in [-0.25, -0.2) is 0 Å². The maximum atomic E-state index is 5.73. The standard InChI is InChI=1S/C10H14O/c1-3-7-8(4-1)10-9(7)5-2-6-11-10/h9-10H,1-6H2. The fourth-order valence-electron chi connectivity index (χ4n) is 2.92. The predicted octanol–water partition coefficient (Wildman–Crippen LogP) is 2.28. The van der Waals surface area contributed by atoms with Gasteiger partial charge in [0, 0.05) is 12.5 Å². The first kappa shape index (κ1) is 6.24. The molecule has 0 aromatic heterocycles. The Bertz CT molecular complexity index is 195. The molecule has 0 aromatic rings. The Balaban J connectivity index is 1.90. The fraction of sp³-hybridized carbons (Fsp3) is 0.800. The van der Waals surface area contributed by atoms with Gasteiger partial charge >= 0.3 is 0 Å². The minimum absolute atomic E-state index is 0.584. The number of hydrogen-bond donors (Lipinski definition) is 0. The van der Waals surface area contributed by atoms with Crippen molar-refractivity contribution in [1.29, 1.82) is 0 Å². The molecule has 1 saturated heterocycles. The van der Waals surface area contributed by atoms with Gasteiger partial charge in [0.1, 0.15) is 0 Å². The van der Waals surface area contributed by atoms with Crippen LogP contribution in [0.2, 0.25) is 0 Å². The molecular formula is C10H14O. The summed E-state index contributed by atoms with van der Waals surface area (Å²) in [5.74, 6) is 0.862. The molecule has 3 aliphatic rings. The fourth-order valence-corrected chi connectivity index (χ4v) is 2.92. The van der Waals surface area contributed by atoms with E-state index in [2.05, 4.69) is 0 Å². The quantitative estimate of drug-likeness (QED) is 0.481. The Labute approximate surface area is 67.4 Å². The minimum Gasteiger partial charge on any atom is -0.373 e. The summed E-state index contributed by atoms with van der Waals surface area (Å²) in [5, 5.41) is 0. The molecule has 2 aliphatic carbocycles. The highest BCUT2D eigenvalue weighted by atomic mass is 16.5. The summed E-state index contributed by atoms with van der Waals surface area (Å²) in [4.78, 5) is 0. The Kier molecular flexibility index (Phi) is 1.19. The van der Waals surface area contributed by atoms with Crippen molar-refractivity contribution in [3.8, 4) is 0 Å². The first-order valence-electron chi connectivity index (χ1n) is 4.80. The van der Waals surface area contributed by atoms with Gasteiger partial charge in [0.25, 0.3) is 0 Å². The van der Waals surface area contributed by atoms with Gasteiger partial charge in [0.2, 0.25) is 0 Å². The van der Waals surface area contributed by atoms with E-state index in [4.69, 9.17) is 4.74 Å². The van der Waals surface area contributed by atoms with E-state index in [-0.39, 0.29) is 0 Å². The third kappa shape index (κ3) is 0.698. The van der Waals surface area contributed by atoms with Gasteiger partial charge in [-0.1, -0.05) is 5.57 Å². The molecule has 0 amide bonds. The first-order valence-corrected chi connectivity index (χ1v) is 4.80. The molecule has 0 spiro atoms. The third-order valence-corrected chi connectivity index (χ3v) is 3.42. The Morgan fingerprint density at radius 1 is 1.09 bits per heavy atom. The summed E-state index contributed by atoms with van der Waals surface area (Å²) in [6, 6.07) is 0. The van der Waals surface area contributed by atoms with Crippen LogP contribution in [0.3, 0.4) is 0 Å². The van der Waals surface area contributed by atoms with Crippen LogP contribution in [0, 0.1) is 5.92 Å². The van der Waals surface area contributed by atoms with Gasteiger partial charge in [-0.2, -0.15) is 0 Å². The molecule has 1 nitrogen and oxygen atoms in total. The van der Waals surface area contributed by atoms with Crippen molar-refractivity contribution in [1.82, 2.24) is 0 Å². The van der Waals surface area contributed by atoms with Gasteiger partial charge in [-0.05, 0) is 37.7 Å². The van der Waals surface area contributed by atoms with E-state index in [1.54, 1.807) is 11.1 Å². The van der Waals surface area contributed by atoms with Crippen LogP contribution in [0.25, 0.3) is 0 Å². The van der Waals surface area contributed by atoms with Crippen molar-refractivity contribution in [3.05, 3.63) is 11.1 Å². The van der Waals surface area contributed by atoms with Crippen molar-refractivity contribution < 1.29 is 4.74 Å². The summed E-state index contributed by atoms with van der Waals surface area (Å²) in [5.41, 5.74) is 3.48. The van der Waals surface area contributed by atoms with Crippen molar-refractivity contribution >= 4 is 0 Å². The molecule has 1 heterocycles. The largest absolute Gasteiger partial charge is 0.373 e. The molecular weight excluding hydrogens is 136 g/mol. The Morgan fingerprint density at radius 3 is 3.00 bits per heavy atom. The van der Waals surface area contributed by atoms with E-state index in [1.165, 1.54) is 32.1 Å². The van der Waals surface area contributed by atoms with Crippen LogP contribution < -0.4 is 0 Å². The Morgan fingerprint density at radius 2 is 2.00 bits per heavy atom. The lowest BCUT2D eigenvalue weighted by molar-refractivity contribution is -0.0113. The molecule has 1 heteroatoms. The van der Waals surface area contributed by atoms with E-state index >= 15 is 0 Å². The van der Waals surface area contributed by atoms with Gasteiger partial charge in [0.15, 0.2) is 0 Å². The zero-order valence-electron chi connectivity index (χ0n) is 6.81. The van der Waals surface area contributed by atoms with Gasteiger partial charge < -0.3 is 4.74 Å². The smallest absolute Gasteiger partial charge is 0.0853 e. The van der Waals surface area contributed by atoms with E-state index in [9.17, 15) is 0 Å². The maximum absolute atomic E-state index is 5.73. The van der Waals surface area contributed by atoms with Gasteiger partial charge in [0.05, 0.1) is 6.10 Å². The molecule has 0 saturated carbocycles. The highest BCUT2D eigenvalue weighted by Gasteiger charge is 2.43. The predicted molar refractivity (Wildman–Crippen MR) is 43.3 cm³/mol. The molecule has 0 bridgehead atoms. The molecule has 3 rings (SSSR count). The van der Waals surface area contributed by atoms with Crippen LogP contribution in [0.1, 0.15) is 32.1 Å². The average molecular weight is 150 g/mol. The monoisotopic (exact) mass is 150 g/mol. The summed E-state index contributed by atoms with van der Waals surface area (Å²) < 4.78 is 5.73. The molecule has 0 radical (unpaired) electrons. The molecule has 60 valence electrons. The molecule has 1 fully saturated rings. The Hall–Kier alpha value is -0.300. The summed E-state index contributed by atoms with van der Waals surface area (Å²) in [6.45, 7) is 1.01. The van der Waals surface area contributed by atoms with Crippen LogP contribution in [0.15, 0.2) is 11.1 Å². The zero-order chi connectivity index (χ0) is 7.26. The highest BCUT2D eigenvalue weighted by Crippen LogP contribution is 2.50. The normalized spacial score (nSPS) is 41.5. The van der Waals surface area contributed by atoms with Crippen LogP contribution in [-0.4, -0.2) is 12.7 Å². The molecule has 1 aliphatic heterocycles. The second kappa shape index (κ2) is 2.10. The van der Waals surface area contributed by atoms with Crippen molar-refractivity contribution in [2.45, 2.75) is 38.2 Å². The van der Waals surface area contributed by atoms with Crippen LogP contribution >= 0.6 is 0 Å². The first-order chi connectivity index (χ1) is 5.47. The summed E-state index contributed by atoms with van der Waals surface area (Å²) in [6.07, 6.45) is 7.42. The molecule has 0 aromatic carbocycles. The summed E-state index contributed by atoms with van der Waals surface area (Å²) in [7, 11) is 0. The second-order valence-corrected chi connectivity index (χ2v) is 3.94. The minimum atomic E-state index is 0.584. The number of fused-ring (bicyclic) bond motifs is 3. The lowest BCUT2D eigenvalue weighted by atomic mass is 9.72. The van der Waals surface area contributed by atoms with Crippen molar-refractivity contribution in [3.63, 3.8) is 0 Å². The SMILES string of the molecule is C1CC2=C(C1)C1OCCCC21. The molecule has 2 unspecified atom stereocenters. The van der Waals surface area contributed by atoms with Gasteiger partial charge in [-0.15, -0.1) is 0 Å². The maximum Gasteiger partial charge on any atom is 0.0853 e. The zero-order valence-corrected chi connectivity index (χ0v) is 6.81. The lowest BCUT2D eigenvalue weighted by Gasteiger charge is -2.42.